The monoisotopic (exact) mass is 339 g/mol. The normalized spacial score (nSPS) is 17.1. The largest absolute Gasteiger partial charge is 0.466 e. The van der Waals surface area contributed by atoms with E-state index in [2.05, 4.69) is 46.0 Å². The molecular formula is C16H22BrNO2. The highest BCUT2D eigenvalue weighted by Gasteiger charge is 2.27. The van der Waals surface area contributed by atoms with Gasteiger partial charge in [0.05, 0.1) is 13.0 Å². The molecule has 1 aliphatic heterocycles. The summed E-state index contributed by atoms with van der Waals surface area (Å²) in [5.41, 5.74) is 2.41. The van der Waals surface area contributed by atoms with Crippen molar-refractivity contribution >= 4 is 21.9 Å². The Labute approximate surface area is 129 Å². The Morgan fingerprint density at radius 3 is 2.70 bits per heavy atom. The van der Waals surface area contributed by atoms with Crippen LogP contribution >= 0.6 is 15.9 Å². The van der Waals surface area contributed by atoms with E-state index in [1.165, 1.54) is 24.0 Å². The zero-order valence-electron chi connectivity index (χ0n) is 12.2. The molecule has 0 bridgehead atoms. The fourth-order valence-corrected chi connectivity index (χ4v) is 3.53. The number of carbonyl (C=O) groups excluding carboxylic acids is 1. The van der Waals surface area contributed by atoms with Gasteiger partial charge in [0, 0.05) is 10.5 Å². The van der Waals surface area contributed by atoms with Crippen LogP contribution in [0.1, 0.15) is 43.4 Å². The second-order valence-corrected chi connectivity index (χ2v) is 6.15. The van der Waals surface area contributed by atoms with Crippen LogP contribution in [-0.2, 0) is 9.53 Å². The quantitative estimate of drug-likeness (QED) is 0.763. The first-order valence-corrected chi connectivity index (χ1v) is 8.07. The molecule has 1 heterocycles. The number of likely N-dealkylation sites (tertiary alicyclic amines) is 1. The number of aryl methyl sites for hydroxylation is 1. The van der Waals surface area contributed by atoms with E-state index in [0.717, 1.165) is 17.6 Å². The molecule has 1 unspecified atom stereocenters. The van der Waals surface area contributed by atoms with Crippen molar-refractivity contribution in [2.45, 2.75) is 39.2 Å². The van der Waals surface area contributed by atoms with Crippen LogP contribution in [-0.4, -0.2) is 30.6 Å². The lowest BCUT2D eigenvalue weighted by Crippen LogP contribution is -2.28. The maximum Gasteiger partial charge on any atom is 0.307 e. The van der Waals surface area contributed by atoms with Crippen LogP contribution in [0.5, 0.6) is 0 Å². The highest BCUT2D eigenvalue weighted by Crippen LogP contribution is 2.33. The SMILES string of the molecule is CCOC(=O)CC(c1ccc(C)cc1Br)N1CCCC1. The lowest BCUT2D eigenvalue weighted by molar-refractivity contribution is -0.144. The predicted molar refractivity (Wildman–Crippen MR) is 83.7 cm³/mol. The van der Waals surface area contributed by atoms with Crippen molar-refractivity contribution in [2.75, 3.05) is 19.7 Å². The Balaban J connectivity index is 2.22. The van der Waals surface area contributed by atoms with Crippen molar-refractivity contribution in [3.8, 4) is 0 Å². The lowest BCUT2D eigenvalue weighted by atomic mass is 10.0. The van der Waals surface area contributed by atoms with Crippen LogP contribution in [0.4, 0.5) is 0 Å². The minimum Gasteiger partial charge on any atom is -0.466 e. The summed E-state index contributed by atoms with van der Waals surface area (Å²) < 4.78 is 6.22. The smallest absolute Gasteiger partial charge is 0.307 e. The molecule has 1 saturated heterocycles. The number of hydrogen-bond acceptors (Lipinski definition) is 3. The molecule has 0 spiro atoms. The number of benzene rings is 1. The van der Waals surface area contributed by atoms with Crippen molar-refractivity contribution in [1.82, 2.24) is 4.90 Å². The molecule has 0 aromatic heterocycles. The van der Waals surface area contributed by atoms with Crippen LogP contribution in [0.3, 0.4) is 0 Å². The molecular weight excluding hydrogens is 318 g/mol. The first-order valence-electron chi connectivity index (χ1n) is 7.27. The fourth-order valence-electron chi connectivity index (χ4n) is 2.77. The Hall–Kier alpha value is -0.870. The standard InChI is InChI=1S/C16H22BrNO2/c1-3-20-16(19)11-15(18-8-4-5-9-18)13-7-6-12(2)10-14(13)17/h6-7,10,15H,3-5,8-9,11H2,1-2H3. The van der Waals surface area contributed by atoms with Gasteiger partial charge in [-0.25, -0.2) is 0 Å². The summed E-state index contributed by atoms with van der Waals surface area (Å²) in [6, 6.07) is 6.46. The van der Waals surface area contributed by atoms with Crippen LogP contribution in [0.15, 0.2) is 22.7 Å². The second-order valence-electron chi connectivity index (χ2n) is 5.29. The van der Waals surface area contributed by atoms with E-state index in [1.54, 1.807) is 0 Å². The average Bonchev–Trinajstić information content (AvgIpc) is 2.90. The van der Waals surface area contributed by atoms with Gasteiger partial charge in [-0.1, -0.05) is 28.1 Å². The number of esters is 1. The zero-order valence-corrected chi connectivity index (χ0v) is 13.8. The predicted octanol–water partition coefficient (Wildman–Crippen LogP) is 3.85. The molecule has 0 aliphatic carbocycles. The Morgan fingerprint density at radius 2 is 2.10 bits per heavy atom. The highest BCUT2D eigenvalue weighted by molar-refractivity contribution is 9.10. The molecule has 0 saturated carbocycles. The van der Waals surface area contributed by atoms with Crippen molar-refractivity contribution < 1.29 is 9.53 Å². The van der Waals surface area contributed by atoms with Crippen molar-refractivity contribution in [2.24, 2.45) is 0 Å². The molecule has 3 nitrogen and oxygen atoms in total. The molecule has 110 valence electrons. The van der Waals surface area contributed by atoms with Crippen molar-refractivity contribution in [1.29, 1.82) is 0 Å². The number of carbonyl (C=O) groups is 1. The molecule has 1 aromatic rings. The zero-order chi connectivity index (χ0) is 14.5. The highest BCUT2D eigenvalue weighted by atomic mass is 79.9. The van der Waals surface area contributed by atoms with Crippen LogP contribution < -0.4 is 0 Å². The van der Waals surface area contributed by atoms with Crippen LogP contribution in [0.2, 0.25) is 0 Å². The number of halogens is 1. The topological polar surface area (TPSA) is 29.5 Å². The van der Waals surface area contributed by atoms with Gasteiger partial charge in [-0.3, -0.25) is 9.69 Å². The summed E-state index contributed by atoms with van der Waals surface area (Å²) in [5, 5.41) is 0. The van der Waals surface area contributed by atoms with Crippen molar-refractivity contribution in [3.05, 3.63) is 33.8 Å². The third kappa shape index (κ3) is 3.83. The molecule has 1 aromatic carbocycles. The van der Waals surface area contributed by atoms with Crippen LogP contribution in [0, 0.1) is 6.92 Å². The maximum absolute atomic E-state index is 11.9. The molecule has 1 fully saturated rings. The summed E-state index contributed by atoms with van der Waals surface area (Å²) in [6.45, 7) is 6.49. The fraction of sp³-hybridized carbons (Fsp3) is 0.562. The van der Waals surface area contributed by atoms with Gasteiger partial charge in [0.25, 0.3) is 0 Å². The van der Waals surface area contributed by atoms with Gasteiger partial charge in [0.15, 0.2) is 0 Å². The molecule has 20 heavy (non-hydrogen) atoms. The van der Waals surface area contributed by atoms with Gasteiger partial charge >= 0.3 is 5.97 Å². The molecule has 0 N–H and O–H groups in total. The summed E-state index contributed by atoms with van der Waals surface area (Å²) in [7, 11) is 0. The minimum atomic E-state index is -0.114. The molecule has 4 heteroatoms. The lowest BCUT2D eigenvalue weighted by Gasteiger charge is -2.28. The number of rotatable bonds is 5. The van der Waals surface area contributed by atoms with Crippen molar-refractivity contribution in [3.63, 3.8) is 0 Å². The van der Waals surface area contributed by atoms with E-state index < -0.39 is 0 Å². The Morgan fingerprint density at radius 1 is 1.40 bits per heavy atom. The van der Waals surface area contributed by atoms with E-state index in [9.17, 15) is 4.79 Å². The van der Waals surface area contributed by atoms with Gasteiger partial charge in [0.1, 0.15) is 0 Å². The first kappa shape index (κ1) is 15.5. The van der Waals surface area contributed by atoms with E-state index in [0.29, 0.717) is 13.0 Å². The van der Waals surface area contributed by atoms with E-state index in [4.69, 9.17) is 4.74 Å². The van der Waals surface area contributed by atoms with E-state index in [1.807, 2.05) is 6.92 Å². The summed E-state index contributed by atoms with van der Waals surface area (Å²) in [6.07, 6.45) is 2.85. The van der Waals surface area contributed by atoms with Crippen LogP contribution in [0.25, 0.3) is 0 Å². The summed E-state index contributed by atoms with van der Waals surface area (Å²) in [5.74, 6) is -0.114. The molecule has 1 atom stereocenters. The van der Waals surface area contributed by atoms with E-state index >= 15 is 0 Å². The second kappa shape index (κ2) is 7.23. The average molecular weight is 340 g/mol. The Bertz CT molecular complexity index is 470. The molecule has 2 rings (SSSR count). The van der Waals surface area contributed by atoms with Gasteiger partial charge in [0.2, 0.25) is 0 Å². The molecule has 1 aliphatic rings. The maximum atomic E-state index is 11.9. The number of hydrogen-bond donors (Lipinski definition) is 0. The van der Waals surface area contributed by atoms with E-state index in [-0.39, 0.29) is 12.0 Å². The molecule has 0 radical (unpaired) electrons. The van der Waals surface area contributed by atoms with Gasteiger partial charge in [-0.15, -0.1) is 0 Å². The van der Waals surface area contributed by atoms with Gasteiger partial charge in [-0.05, 0) is 57.0 Å². The molecule has 0 amide bonds. The third-order valence-corrected chi connectivity index (χ3v) is 4.45. The number of nitrogens with zero attached hydrogens (tertiary/aromatic N) is 1. The third-order valence-electron chi connectivity index (χ3n) is 3.76. The number of ether oxygens (including phenoxy) is 1. The minimum absolute atomic E-state index is 0.114. The first-order chi connectivity index (χ1) is 9.61. The summed E-state index contributed by atoms with van der Waals surface area (Å²) >= 11 is 3.64. The summed E-state index contributed by atoms with van der Waals surface area (Å²) in [4.78, 5) is 14.3. The van der Waals surface area contributed by atoms with Gasteiger partial charge < -0.3 is 4.74 Å². The van der Waals surface area contributed by atoms with Gasteiger partial charge in [-0.2, -0.15) is 0 Å². The Kier molecular flexibility index (Phi) is 5.61.